The summed E-state index contributed by atoms with van der Waals surface area (Å²) in [5.41, 5.74) is 2.15. The van der Waals surface area contributed by atoms with Gasteiger partial charge in [-0.05, 0) is 48.9 Å². The highest BCUT2D eigenvalue weighted by atomic mass is 19.1. The van der Waals surface area contributed by atoms with Crippen LogP contribution in [0.25, 0.3) is 21.9 Å². The first-order chi connectivity index (χ1) is 13.1. The van der Waals surface area contributed by atoms with Crippen molar-refractivity contribution in [1.82, 2.24) is 0 Å². The normalized spacial score (nSPS) is 12.2. The van der Waals surface area contributed by atoms with Crippen LogP contribution < -0.4 is 10.1 Å². The molecule has 0 spiro atoms. The quantitative estimate of drug-likeness (QED) is 0.508. The lowest BCUT2D eigenvalue weighted by Gasteiger charge is -2.17. The third kappa shape index (κ3) is 3.49. The number of para-hydroxylation sites is 1. The molecule has 0 aliphatic heterocycles. The van der Waals surface area contributed by atoms with Gasteiger partial charge in [0.1, 0.15) is 22.7 Å². The van der Waals surface area contributed by atoms with E-state index < -0.39 is 6.10 Å². The number of hydrogen-bond acceptors (Lipinski definition) is 3. The minimum Gasteiger partial charge on any atom is -0.481 e. The third-order valence-electron chi connectivity index (χ3n) is 4.40. The van der Waals surface area contributed by atoms with Gasteiger partial charge in [0.25, 0.3) is 5.91 Å². The third-order valence-corrected chi connectivity index (χ3v) is 4.40. The number of anilines is 1. The maximum absolute atomic E-state index is 13.0. The van der Waals surface area contributed by atoms with E-state index in [1.807, 2.05) is 43.3 Å². The number of fused-ring (bicyclic) bond motifs is 3. The predicted octanol–water partition coefficient (Wildman–Crippen LogP) is 5.52. The van der Waals surface area contributed by atoms with Crippen LogP contribution in [0, 0.1) is 5.82 Å². The maximum atomic E-state index is 13.0. The molecule has 0 radical (unpaired) electrons. The zero-order valence-electron chi connectivity index (χ0n) is 14.7. The number of nitrogens with one attached hydrogen (secondary N) is 1. The number of ether oxygens (including phenoxy) is 1. The molecule has 4 nitrogen and oxygen atoms in total. The van der Waals surface area contributed by atoms with Crippen LogP contribution in [0.15, 0.2) is 71.1 Å². The minimum atomic E-state index is -0.679. The number of hydrogen-bond donors (Lipinski definition) is 1. The number of furan rings is 1. The molecular formula is C22H18FNO3. The van der Waals surface area contributed by atoms with E-state index in [1.54, 1.807) is 6.07 Å². The monoisotopic (exact) mass is 363 g/mol. The van der Waals surface area contributed by atoms with Crippen molar-refractivity contribution >= 4 is 33.5 Å². The molecule has 0 saturated heterocycles. The summed E-state index contributed by atoms with van der Waals surface area (Å²) in [7, 11) is 0. The van der Waals surface area contributed by atoms with Gasteiger partial charge >= 0.3 is 0 Å². The van der Waals surface area contributed by atoms with Gasteiger partial charge in [0.05, 0.1) is 0 Å². The molecule has 0 saturated carbocycles. The van der Waals surface area contributed by atoms with Gasteiger partial charge < -0.3 is 14.5 Å². The summed E-state index contributed by atoms with van der Waals surface area (Å²) in [6.45, 7) is 1.86. The smallest absolute Gasteiger partial charge is 0.265 e. The van der Waals surface area contributed by atoms with Gasteiger partial charge in [-0.25, -0.2) is 4.39 Å². The van der Waals surface area contributed by atoms with Crippen LogP contribution in [0.3, 0.4) is 0 Å². The van der Waals surface area contributed by atoms with Crippen molar-refractivity contribution in [1.29, 1.82) is 0 Å². The van der Waals surface area contributed by atoms with Gasteiger partial charge in [-0.1, -0.05) is 25.1 Å². The van der Waals surface area contributed by atoms with Gasteiger partial charge in [0, 0.05) is 22.5 Å². The van der Waals surface area contributed by atoms with Crippen LogP contribution in [-0.4, -0.2) is 12.0 Å². The van der Waals surface area contributed by atoms with Crippen LogP contribution in [0.5, 0.6) is 5.75 Å². The zero-order chi connectivity index (χ0) is 18.8. The van der Waals surface area contributed by atoms with Crippen molar-refractivity contribution < 1.29 is 18.3 Å². The molecule has 1 atom stereocenters. The summed E-state index contributed by atoms with van der Waals surface area (Å²) in [6, 6.07) is 19.0. The van der Waals surface area contributed by atoms with Crippen LogP contribution in [0.1, 0.15) is 13.3 Å². The molecule has 0 bridgehead atoms. The molecule has 1 N–H and O–H groups in total. The Kier molecular flexibility index (Phi) is 4.50. The van der Waals surface area contributed by atoms with E-state index in [0.717, 1.165) is 16.4 Å². The standard InChI is InChI=1S/C22H18FNO3/c1-2-19(26-16-10-7-14(23)8-11-16)22(25)24-15-9-12-18-17-5-3-4-6-20(17)27-21(18)13-15/h3-13,19H,2H2,1H3,(H,24,25). The molecule has 1 aromatic heterocycles. The molecule has 3 aromatic carbocycles. The Bertz CT molecular complexity index is 1100. The summed E-state index contributed by atoms with van der Waals surface area (Å²) >= 11 is 0. The molecular weight excluding hydrogens is 345 g/mol. The summed E-state index contributed by atoms with van der Waals surface area (Å²) in [4.78, 5) is 12.6. The Hall–Kier alpha value is -3.34. The van der Waals surface area contributed by atoms with Crippen molar-refractivity contribution in [3.63, 3.8) is 0 Å². The molecule has 136 valence electrons. The lowest BCUT2D eigenvalue weighted by atomic mass is 10.1. The molecule has 0 fully saturated rings. The highest BCUT2D eigenvalue weighted by Gasteiger charge is 2.19. The van der Waals surface area contributed by atoms with Crippen molar-refractivity contribution in [2.45, 2.75) is 19.4 Å². The first-order valence-corrected chi connectivity index (χ1v) is 8.78. The lowest BCUT2D eigenvalue weighted by molar-refractivity contribution is -0.122. The SMILES string of the molecule is CCC(Oc1ccc(F)cc1)C(=O)Nc1ccc2c(c1)oc1ccccc12. The van der Waals surface area contributed by atoms with Gasteiger partial charge in [-0.2, -0.15) is 0 Å². The van der Waals surface area contributed by atoms with Gasteiger partial charge in [0.15, 0.2) is 6.10 Å². The summed E-state index contributed by atoms with van der Waals surface area (Å²) in [5.74, 6) is -0.164. The minimum absolute atomic E-state index is 0.266. The Labute approximate surface area is 155 Å². The first kappa shape index (κ1) is 17.1. The van der Waals surface area contributed by atoms with E-state index in [0.29, 0.717) is 23.4 Å². The average molecular weight is 363 g/mol. The molecule has 1 unspecified atom stereocenters. The van der Waals surface area contributed by atoms with Crippen molar-refractivity contribution in [3.8, 4) is 5.75 Å². The van der Waals surface area contributed by atoms with Crippen LogP contribution in [0.2, 0.25) is 0 Å². The van der Waals surface area contributed by atoms with Gasteiger partial charge in [0.2, 0.25) is 0 Å². The van der Waals surface area contributed by atoms with Gasteiger partial charge in [-0.15, -0.1) is 0 Å². The summed E-state index contributed by atoms with van der Waals surface area (Å²) < 4.78 is 24.5. The average Bonchev–Trinajstić information content (AvgIpc) is 3.05. The fourth-order valence-corrected chi connectivity index (χ4v) is 3.03. The van der Waals surface area contributed by atoms with E-state index in [2.05, 4.69) is 5.32 Å². The van der Waals surface area contributed by atoms with Crippen molar-refractivity contribution in [2.75, 3.05) is 5.32 Å². The highest BCUT2D eigenvalue weighted by Crippen LogP contribution is 2.30. The summed E-state index contributed by atoms with van der Waals surface area (Å²) in [6.07, 6.45) is -0.197. The molecule has 1 amide bonds. The Morgan fingerprint density at radius 2 is 1.78 bits per heavy atom. The number of amides is 1. The van der Waals surface area contributed by atoms with Crippen LogP contribution >= 0.6 is 0 Å². The topological polar surface area (TPSA) is 51.5 Å². The Morgan fingerprint density at radius 1 is 1.04 bits per heavy atom. The van der Waals surface area contributed by atoms with Crippen LogP contribution in [0.4, 0.5) is 10.1 Å². The fraction of sp³-hybridized carbons (Fsp3) is 0.136. The fourth-order valence-electron chi connectivity index (χ4n) is 3.03. The molecule has 0 aliphatic carbocycles. The van der Waals surface area contributed by atoms with E-state index >= 15 is 0 Å². The van der Waals surface area contributed by atoms with Crippen molar-refractivity contribution in [2.24, 2.45) is 0 Å². The molecule has 27 heavy (non-hydrogen) atoms. The number of rotatable bonds is 5. The second-order valence-electron chi connectivity index (χ2n) is 6.27. The Morgan fingerprint density at radius 3 is 2.56 bits per heavy atom. The molecule has 4 rings (SSSR count). The Balaban J connectivity index is 1.53. The van der Waals surface area contributed by atoms with Gasteiger partial charge in [-0.3, -0.25) is 4.79 Å². The number of carbonyl (C=O) groups excluding carboxylic acids is 1. The van der Waals surface area contributed by atoms with Crippen LogP contribution in [-0.2, 0) is 4.79 Å². The molecule has 5 heteroatoms. The molecule has 0 aliphatic rings. The van der Waals surface area contributed by atoms with E-state index in [1.165, 1.54) is 24.3 Å². The lowest BCUT2D eigenvalue weighted by Crippen LogP contribution is -2.32. The second-order valence-corrected chi connectivity index (χ2v) is 6.27. The predicted molar refractivity (Wildman–Crippen MR) is 103 cm³/mol. The number of halogens is 1. The van der Waals surface area contributed by atoms with E-state index in [9.17, 15) is 9.18 Å². The van der Waals surface area contributed by atoms with Crippen molar-refractivity contribution in [3.05, 3.63) is 72.5 Å². The zero-order valence-corrected chi connectivity index (χ0v) is 14.7. The molecule has 1 heterocycles. The number of benzene rings is 3. The largest absolute Gasteiger partial charge is 0.481 e. The summed E-state index contributed by atoms with van der Waals surface area (Å²) in [5, 5.41) is 4.90. The number of carbonyl (C=O) groups is 1. The molecule has 4 aromatic rings. The maximum Gasteiger partial charge on any atom is 0.265 e. The highest BCUT2D eigenvalue weighted by molar-refractivity contribution is 6.06. The first-order valence-electron chi connectivity index (χ1n) is 8.78. The second kappa shape index (κ2) is 7.11. The van der Waals surface area contributed by atoms with E-state index in [-0.39, 0.29) is 11.7 Å². The van der Waals surface area contributed by atoms with E-state index in [4.69, 9.17) is 9.15 Å².